The fourth-order valence-corrected chi connectivity index (χ4v) is 5.82. The molecule has 5 rings (SSSR count). The Kier molecular flexibility index (Phi) is 7.53. The van der Waals surface area contributed by atoms with E-state index in [2.05, 4.69) is 10.3 Å². The van der Waals surface area contributed by atoms with Gasteiger partial charge in [0.1, 0.15) is 11.0 Å². The molecule has 0 aromatic heterocycles. The molecule has 3 aromatic carbocycles. The second kappa shape index (κ2) is 11.0. The molecule has 0 aliphatic carbocycles. The number of thioether (sulfide) groups is 1. The van der Waals surface area contributed by atoms with E-state index in [1.54, 1.807) is 12.1 Å². The Morgan fingerprint density at radius 2 is 1.87 bits per heavy atom. The first kappa shape index (κ1) is 26.0. The number of aryl methyl sites for hydroxylation is 1. The van der Waals surface area contributed by atoms with Crippen LogP contribution in [0.4, 0.5) is 5.69 Å². The highest BCUT2D eigenvalue weighted by Gasteiger charge is 2.39. The Labute approximate surface area is 230 Å². The first-order chi connectivity index (χ1) is 18.3. The molecule has 0 spiro atoms. The van der Waals surface area contributed by atoms with Gasteiger partial charge in [-0.3, -0.25) is 9.59 Å². The Morgan fingerprint density at radius 3 is 2.61 bits per heavy atom. The maximum absolute atomic E-state index is 12.9. The summed E-state index contributed by atoms with van der Waals surface area (Å²) in [5, 5.41) is 10.0. The van der Waals surface area contributed by atoms with Crippen LogP contribution < -0.4 is 10.1 Å². The van der Waals surface area contributed by atoms with Crippen molar-refractivity contribution in [2.24, 2.45) is 10.1 Å². The third-order valence-electron chi connectivity index (χ3n) is 6.77. The first-order valence-electron chi connectivity index (χ1n) is 12.2. The molecule has 0 radical (unpaired) electrons. The van der Waals surface area contributed by atoms with Crippen molar-refractivity contribution < 1.29 is 14.3 Å². The molecule has 194 valence electrons. The summed E-state index contributed by atoms with van der Waals surface area (Å²) >= 11 is 7.84. The van der Waals surface area contributed by atoms with Crippen LogP contribution in [0.3, 0.4) is 0 Å². The van der Waals surface area contributed by atoms with E-state index in [-0.39, 0.29) is 24.3 Å². The Balaban J connectivity index is 1.36. The van der Waals surface area contributed by atoms with Crippen molar-refractivity contribution in [2.75, 3.05) is 12.4 Å². The zero-order valence-electron chi connectivity index (χ0n) is 21.3. The lowest BCUT2D eigenvalue weighted by atomic mass is 9.98. The molecule has 7 nitrogen and oxygen atoms in total. The van der Waals surface area contributed by atoms with Crippen molar-refractivity contribution >= 4 is 51.7 Å². The third kappa shape index (κ3) is 5.33. The molecule has 2 aliphatic rings. The lowest BCUT2D eigenvalue weighted by Gasteiger charge is -2.24. The number of nitrogens with one attached hydrogen (secondary N) is 1. The summed E-state index contributed by atoms with van der Waals surface area (Å²) in [6.45, 7) is 3.95. The summed E-state index contributed by atoms with van der Waals surface area (Å²) < 4.78 is 5.29. The van der Waals surface area contributed by atoms with Gasteiger partial charge in [-0.05, 0) is 72.5 Å². The van der Waals surface area contributed by atoms with E-state index in [9.17, 15) is 9.59 Å². The minimum atomic E-state index is -0.623. The van der Waals surface area contributed by atoms with Crippen molar-refractivity contribution in [3.05, 3.63) is 94.0 Å². The Morgan fingerprint density at radius 1 is 1.11 bits per heavy atom. The predicted molar refractivity (Wildman–Crippen MR) is 153 cm³/mol. The number of amidine groups is 1. The highest BCUT2D eigenvalue weighted by Crippen LogP contribution is 2.40. The summed E-state index contributed by atoms with van der Waals surface area (Å²) in [4.78, 5) is 30.0. The van der Waals surface area contributed by atoms with Crippen LogP contribution in [-0.4, -0.2) is 40.1 Å². The van der Waals surface area contributed by atoms with Gasteiger partial charge in [0.25, 0.3) is 5.91 Å². The molecular formula is C29H27ClN4O3S. The molecule has 1 N–H and O–H groups in total. The summed E-state index contributed by atoms with van der Waals surface area (Å²) in [6.07, 6.45) is 0.602. The molecule has 2 aliphatic heterocycles. The van der Waals surface area contributed by atoms with E-state index in [1.165, 1.54) is 11.8 Å². The molecule has 0 saturated carbocycles. The van der Waals surface area contributed by atoms with Crippen LogP contribution >= 0.6 is 23.4 Å². The number of hydrogen-bond donors (Lipinski definition) is 1. The number of carbonyl (C=O) groups excluding carboxylic acids is 2. The van der Waals surface area contributed by atoms with Crippen LogP contribution in [0.25, 0.3) is 0 Å². The normalized spacial score (nSPS) is 18.8. The molecular weight excluding hydrogens is 520 g/mol. The van der Waals surface area contributed by atoms with Crippen LogP contribution in [0.15, 0.2) is 76.8 Å². The largest absolute Gasteiger partial charge is 0.497 e. The monoisotopic (exact) mass is 546 g/mol. The number of hydrogen-bond acceptors (Lipinski definition) is 6. The zero-order valence-corrected chi connectivity index (χ0v) is 22.8. The van der Waals surface area contributed by atoms with Crippen molar-refractivity contribution in [1.82, 2.24) is 5.01 Å². The van der Waals surface area contributed by atoms with Crippen LogP contribution in [0.2, 0.25) is 5.02 Å². The molecule has 2 unspecified atom stereocenters. The summed E-state index contributed by atoms with van der Waals surface area (Å²) in [5.74, 6) is 0.190. The number of nitrogens with zero attached hydrogens (tertiary/aromatic N) is 3. The van der Waals surface area contributed by atoms with Gasteiger partial charge >= 0.3 is 0 Å². The maximum atomic E-state index is 12.9. The number of aliphatic imine (C=N–C) groups is 1. The summed E-state index contributed by atoms with van der Waals surface area (Å²) in [6, 6.07) is 20.8. The molecule has 3 aromatic rings. The number of amides is 2. The van der Waals surface area contributed by atoms with Gasteiger partial charge in [-0.1, -0.05) is 53.7 Å². The van der Waals surface area contributed by atoms with Crippen molar-refractivity contribution in [2.45, 2.75) is 38.0 Å². The van der Waals surface area contributed by atoms with Gasteiger partial charge < -0.3 is 10.1 Å². The molecule has 38 heavy (non-hydrogen) atoms. The van der Waals surface area contributed by atoms with Crippen molar-refractivity contribution in [3.63, 3.8) is 0 Å². The van der Waals surface area contributed by atoms with Gasteiger partial charge in [0, 0.05) is 23.6 Å². The number of anilines is 1. The SMILES string of the molecule is COc1ccc(C2=NN(C3=NC(=O)C(CC(=O)Nc4cccc(C)c4C)S3)C(c3ccccc3Cl)C2)cc1. The number of hydrazone groups is 1. The van der Waals surface area contributed by atoms with E-state index in [4.69, 9.17) is 21.4 Å². The minimum Gasteiger partial charge on any atom is -0.497 e. The quantitative estimate of drug-likeness (QED) is 0.401. The fraction of sp³-hybridized carbons (Fsp3) is 0.241. The molecule has 9 heteroatoms. The minimum absolute atomic E-state index is 0.0174. The third-order valence-corrected chi connectivity index (χ3v) is 8.26. The lowest BCUT2D eigenvalue weighted by molar-refractivity contribution is -0.121. The van der Waals surface area contributed by atoms with E-state index in [0.29, 0.717) is 16.6 Å². The van der Waals surface area contributed by atoms with Gasteiger partial charge in [0.15, 0.2) is 5.17 Å². The molecule has 2 heterocycles. The second-order valence-electron chi connectivity index (χ2n) is 9.20. The van der Waals surface area contributed by atoms with E-state index in [0.717, 1.165) is 39.4 Å². The van der Waals surface area contributed by atoms with Gasteiger partial charge in [0.2, 0.25) is 5.91 Å². The van der Waals surface area contributed by atoms with Gasteiger partial charge in [-0.25, -0.2) is 5.01 Å². The number of carbonyl (C=O) groups is 2. The highest BCUT2D eigenvalue weighted by atomic mass is 35.5. The Bertz CT molecular complexity index is 1450. The topological polar surface area (TPSA) is 83.4 Å². The highest BCUT2D eigenvalue weighted by molar-refractivity contribution is 8.15. The van der Waals surface area contributed by atoms with Gasteiger partial charge in [-0.2, -0.15) is 10.1 Å². The van der Waals surface area contributed by atoms with Crippen LogP contribution in [0.5, 0.6) is 5.75 Å². The average molecular weight is 547 g/mol. The van der Waals surface area contributed by atoms with E-state index < -0.39 is 5.25 Å². The van der Waals surface area contributed by atoms with Crippen molar-refractivity contribution in [1.29, 1.82) is 0 Å². The molecule has 0 fully saturated rings. The maximum Gasteiger partial charge on any atom is 0.262 e. The number of halogens is 1. The smallest absolute Gasteiger partial charge is 0.262 e. The molecule has 2 amide bonds. The zero-order chi connectivity index (χ0) is 26.8. The number of ether oxygens (including phenoxy) is 1. The predicted octanol–water partition coefficient (Wildman–Crippen LogP) is 6.14. The van der Waals surface area contributed by atoms with E-state index >= 15 is 0 Å². The van der Waals surface area contributed by atoms with Gasteiger partial charge in [0.05, 0.1) is 18.9 Å². The number of methoxy groups -OCH3 is 1. The Hall–Kier alpha value is -3.62. The summed E-state index contributed by atoms with van der Waals surface area (Å²) in [5.41, 5.74) is 5.54. The molecule has 0 saturated heterocycles. The second-order valence-corrected chi connectivity index (χ2v) is 10.8. The average Bonchev–Trinajstić information content (AvgIpc) is 3.51. The lowest BCUT2D eigenvalue weighted by Crippen LogP contribution is -2.25. The van der Waals surface area contributed by atoms with Crippen LogP contribution in [-0.2, 0) is 9.59 Å². The molecule has 0 bridgehead atoms. The van der Waals surface area contributed by atoms with Crippen molar-refractivity contribution in [3.8, 4) is 5.75 Å². The van der Waals surface area contributed by atoms with Gasteiger partial charge in [-0.15, -0.1) is 0 Å². The van der Waals surface area contributed by atoms with Crippen LogP contribution in [0, 0.1) is 13.8 Å². The number of rotatable bonds is 6. The summed E-state index contributed by atoms with van der Waals surface area (Å²) in [7, 11) is 1.63. The van der Waals surface area contributed by atoms with Crippen LogP contribution in [0.1, 0.15) is 41.1 Å². The van der Waals surface area contributed by atoms with E-state index in [1.807, 2.05) is 80.6 Å². The standard InChI is InChI=1S/C29H27ClN4O3S/c1-17-7-6-10-23(18(17)2)31-27(35)16-26-28(36)32-29(38-26)34-25(21-8-4-5-9-22(21)30)15-24(33-34)19-11-13-20(37-3)14-12-19/h4-14,25-26H,15-16H2,1-3H3,(H,31,35). The first-order valence-corrected chi connectivity index (χ1v) is 13.5. The molecule has 2 atom stereocenters. The fourth-order valence-electron chi connectivity index (χ4n) is 4.49. The number of benzene rings is 3.